The number of aliphatic hydroxyl groups is 1. The number of amides is 1. The molecule has 1 fully saturated rings. The van der Waals surface area contributed by atoms with Crippen molar-refractivity contribution >= 4 is 40.2 Å². The molecule has 0 aromatic heterocycles. The summed E-state index contributed by atoms with van der Waals surface area (Å²) in [6.45, 7) is 10.5. The van der Waals surface area contributed by atoms with Crippen molar-refractivity contribution in [2.75, 3.05) is 45.3 Å². The third-order valence-electron chi connectivity index (χ3n) is 7.69. The van der Waals surface area contributed by atoms with Crippen LogP contribution in [-0.2, 0) is 23.2 Å². The molecule has 9 nitrogen and oxygen atoms in total. The molecule has 2 aromatic rings. The Morgan fingerprint density at radius 1 is 1.15 bits per heavy atom. The standard InChI is InChI=1S/C31H42N4O5.BrH/c1-7-40-27-15-21-17-35(30(32)23(21)12-20(27)16-28(38)33-5)18-26(37)19-13-24(31(2,3)4)29(39-6)25(14-19)34-10-8-22(36)9-11-34;/h12-15,22,32,36H,7-11,16-18H2,1-6H3,(H,33,38);1H. The number of carbonyl (C=O) groups is 2. The smallest absolute Gasteiger partial charge is 0.224 e. The zero-order valence-electron chi connectivity index (χ0n) is 24.9. The second-order valence-electron chi connectivity index (χ2n) is 11.6. The third kappa shape index (κ3) is 7.04. The van der Waals surface area contributed by atoms with E-state index >= 15 is 0 Å². The minimum atomic E-state index is -0.308. The summed E-state index contributed by atoms with van der Waals surface area (Å²) < 4.78 is 11.7. The Morgan fingerprint density at radius 2 is 1.83 bits per heavy atom. The van der Waals surface area contributed by atoms with Crippen LogP contribution in [0, 0.1) is 5.41 Å². The Hall–Kier alpha value is -3.11. The monoisotopic (exact) mass is 630 g/mol. The summed E-state index contributed by atoms with van der Waals surface area (Å²) >= 11 is 0. The van der Waals surface area contributed by atoms with Crippen molar-refractivity contribution in [3.8, 4) is 11.5 Å². The first-order valence-corrected chi connectivity index (χ1v) is 14.0. The van der Waals surface area contributed by atoms with Crippen LogP contribution in [0.2, 0.25) is 0 Å². The van der Waals surface area contributed by atoms with Gasteiger partial charge >= 0.3 is 0 Å². The fourth-order valence-corrected chi connectivity index (χ4v) is 5.45. The van der Waals surface area contributed by atoms with Gasteiger partial charge in [0.05, 0.1) is 38.5 Å². The first-order valence-electron chi connectivity index (χ1n) is 14.0. The number of amidine groups is 1. The molecule has 1 saturated heterocycles. The SMILES string of the molecule is Br.CCOc1cc2c(cc1CC(=O)NC)C(=N)N(CC(=O)c1cc(N3CCC(O)CC3)c(OC)c(C(C)(C)C)c1)C2. The van der Waals surface area contributed by atoms with Crippen LogP contribution in [0.3, 0.4) is 0 Å². The largest absolute Gasteiger partial charge is 0.494 e. The predicted octanol–water partition coefficient (Wildman–Crippen LogP) is 4.24. The highest BCUT2D eigenvalue weighted by Crippen LogP contribution is 2.41. The Bertz CT molecular complexity index is 1300. The van der Waals surface area contributed by atoms with Crippen molar-refractivity contribution in [3.05, 3.63) is 52.1 Å². The molecule has 0 atom stereocenters. The first kappa shape index (κ1) is 32.4. The minimum Gasteiger partial charge on any atom is -0.494 e. The number of piperidine rings is 1. The number of ether oxygens (including phenoxy) is 2. The molecule has 0 saturated carbocycles. The van der Waals surface area contributed by atoms with E-state index in [1.165, 1.54) is 0 Å². The average Bonchev–Trinajstić information content (AvgIpc) is 3.21. The Balaban J connectivity index is 0.00000462. The molecule has 2 aliphatic heterocycles. The predicted molar refractivity (Wildman–Crippen MR) is 166 cm³/mol. The number of methoxy groups -OCH3 is 1. The lowest BCUT2D eigenvalue weighted by atomic mass is 9.84. The quantitative estimate of drug-likeness (QED) is 0.355. The molecule has 0 unspecified atom stereocenters. The molecule has 3 N–H and O–H groups in total. The normalized spacial score (nSPS) is 15.3. The minimum absolute atomic E-state index is 0. The highest BCUT2D eigenvalue weighted by Gasteiger charge is 2.31. The highest BCUT2D eigenvalue weighted by molar-refractivity contribution is 8.93. The molecule has 0 bridgehead atoms. The number of anilines is 1. The van der Waals surface area contributed by atoms with E-state index in [4.69, 9.17) is 14.9 Å². The molecule has 0 spiro atoms. The van der Waals surface area contributed by atoms with Gasteiger partial charge in [-0.25, -0.2) is 0 Å². The van der Waals surface area contributed by atoms with E-state index in [0.717, 1.165) is 28.1 Å². The maximum absolute atomic E-state index is 13.8. The fraction of sp³-hybridized carbons (Fsp3) is 0.516. The Morgan fingerprint density at radius 3 is 2.41 bits per heavy atom. The fourth-order valence-electron chi connectivity index (χ4n) is 5.45. The summed E-state index contributed by atoms with van der Waals surface area (Å²) in [6.07, 6.45) is 1.18. The topological polar surface area (TPSA) is 115 Å². The van der Waals surface area contributed by atoms with E-state index in [0.29, 0.717) is 56.0 Å². The van der Waals surface area contributed by atoms with Gasteiger partial charge in [0, 0.05) is 48.9 Å². The van der Waals surface area contributed by atoms with Gasteiger partial charge in [-0.05, 0) is 55.0 Å². The van der Waals surface area contributed by atoms with E-state index in [9.17, 15) is 14.7 Å². The molecule has 2 heterocycles. The number of carbonyl (C=O) groups excluding carboxylic acids is 2. The van der Waals surface area contributed by atoms with Gasteiger partial charge in [-0.1, -0.05) is 20.8 Å². The van der Waals surface area contributed by atoms with Crippen LogP contribution in [0.25, 0.3) is 0 Å². The van der Waals surface area contributed by atoms with E-state index < -0.39 is 0 Å². The van der Waals surface area contributed by atoms with Crippen LogP contribution >= 0.6 is 17.0 Å². The number of ketones is 1. The lowest BCUT2D eigenvalue weighted by Crippen LogP contribution is -2.36. The van der Waals surface area contributed by atoms with Gasteiger partial charge in [0.1, 0.15) is 17.3 Å². The van der Waals surface area contributed by atoms with E-state index in [-0.39, 0.29) is 59.0 Å². The van der Waals surface area contributed by atoms with Crippen molar-refractivity contribution in [1.82, 2.24) is 10.2 Å². The van der Waals surface area contributed by atoms with Crippen LogP contribution in [0.1, 0.15) is 73.1 Å². The van der Waals surface area contributed by atoms with E-state index in [1.54, 1.807) is 19.1 Å². The summed E-state index contributed by atoms with van der Waals surface area (Å²) in [5.41, 5.74) is 4.46. The molecule has 2 aromatic carbocycles. The highest BCUT2D eigenvalue weighted by atomic mass is 79.9. The molecule has 41 heavy (non-hydrogen) atoms. The molecule has 224 valence electrons. The van der Waals surface area contributed by atoms with Gasteiger partial charge < -0.3 is 29.7 Å². The van der Waals surface area contributed by atoms with Crippen molar-refractivity contribution in [1.29, 1.82) is 5.41 Å². The number of likely N-dealkylation sites (N-methyl/N-ethyl adjacent to an activating group) is 1. The summed E-state index contributed by atoms with van der Waals surface area (Å²) in [7, 11) is 3.25. The number of halogens is 1. The second kappa shape index (κ2) is 13.2. The van der Waals surface area contributed by atoms with Crippen LogP contribution in [0.4, 0.5) is 5.69 Å². The summed E-state index contributed by atoms with van der Waals surface area (Å²) in [5, 5.41) is 21.5. The lowest BCUT2D eigenvalue weighted by Gasteiger charge is -2.35. The summed E-state index contributed by atoms with van der Waals surface area (Å²) in [6, 6.07) is 7.56. The van der Waals surface area contributed by atoms with Gasteiger partial charge in [-0.2, -0.15) is 0 Å². The number of aliphatic hydroxyl groups excluding tert-OH is 1. The molecule has 2 aliphatic rings. The van der Waals surface area contributed by atoms with Crippen LogP contribution in [-0.4, -0.2) is 74.0 Å². The maximum Gasteiger partial charge on any atom is 0.224 e. The maximum atomic E-state index is 13.8. The van der Waals surface area contributed by atoms with Gasteiger partial charge in [-0.15, -0.1) is 17.0 Å². The third-order valence-corrected chi connectivity index (χ3v) is 7.69. The Kier molecular flexibility index (Phi) is 10.5. The molecular weight excluding hydrogens is 588 g/mol. The van der Waals surface area contributed by atoms with Gasteiger partial charge in [0.2, 0.25) is 5.91 Å². The molecule has 0 aliphatic carbocycles. The number of rotatable bonds is 9. The lowest BCUT2D eigenvalue weighted by molar-refractivity contribution is -0.119. The van der Waals surface area contributed by atoms with Crippen LogP contribution in [0.15, 0.2) is 24.3 Å². The van der Waals surface area contributed by atoms with Gasteiger partial charge in [0.25, 0.3) is 0 Å². The molecule has 0 radical (unpaired) electrons. The first-order chi connectivity index (χ1) is 19.0. The summed E-state index contributed by atoms with van der Waals surface area (Å²) in [4.78, 5) is 29.8. The average molecular weight is 632 g/mol. The van der Waals surface area contributed by atoms with Crippen molar-refractivity contribution in [3.63, 3.8) is 0 Å². The van der Waals surface area contributed by atoms with Crippen LogP contribution in [0.5, 0.6) is 11.5 Å². The number of Topliss-reactive ketones (excluding diaryl/α,β-unsaturated/α-hetero) is 1. The van der Waals surface area contributed by atoms with Crippen molar-refractivity contribution < 1.29 is 24.2 Å². The summed E-state index contributed by atoms with van der Waals surface area (Å²) in [5.74, 6) is 1.44. The number of nitrogens with zero attached hydrogens (tertiary/aromatic N) is 2. The number of benzene rings is 2. The van der Waals surface area contributed by atoms with Gasteiger partial charge in [0.15, 0.2) is 5.78 Å². The van der Waals surface area contributed by atoms with Crippen molar-refractivity contribution in [2.24, 2.45) is 0 Å². The molecular formula is C31H43BrN4O5. The van der Waals surface area contributed by atoms with Gasteiger partial charge in [-0.3, -0.25) is 15.0 Å². The van der Waals surface area contributed by atoms with Crippen molar-refractivity contribution in [2.45, 2.75) is 65.0 Å². The second-order valence-corrected chi connectivity index (χ2v) is 11.6. The molecule has 4 rings (SSSR count). The zero-order valence-corrected chi connectivity index (χ0v) is 26.6. The molecule has 1 amide bonds. The number of hydrogen-bond donors (Lipinski definition) is 3. The zero-order chi connectivity index (χ0) is 29.2. The Labute approximate surface area is 253 Å². The number of fused-ring (bicyclic) bond motifs is 1. The number of hydrogen-bond acceptors (Lipinski definition) is 7. The number of nitrogens with one attached hydrogen (secondary N) is 2. The van der Waals surface area contributed by atoms with Crippen LogP contribution < -0.4 is 19.7 Å². The molecule has 10 heteroatoms. The van der Waals surface area contributed by atoms with E-state index in [2.05, 4.69) is 31.0 Å². The van der Waals surface area contributed by atoms with E-state index in [1.807, 2.05) is 31.2 Å².